The van der Waals surface area contributed by atoms with Crippen molar-refractivity contribution in [2.45, 2.75) is 32.1 Å². The Morgan fingerprint density at radius 3 is 2.63 bits per heavy atom. The Morgan fingerprint density at radius 2 is 1.89 bits per heavy atom. The van der Waals surface area contributed by atoms with Crippen molar-refractivity contribution in [2.24, 2.45) is 0 Å². The zero-order valence-electron chi connectivity index (χ0n) is 19.6. The number of ether oxygens (including phenoxy) is 1. The zero-order chi connectivity index (χ0) is 24.8. The molecule has 1 aromatic heterocycles. The Labute approximate surface area is 212 Å². The van der Waals surface area contributed by atoms with Gasteiger partial charge in [0.25, 0.3) is 11.5 Å². The molecule has 1 aliphatic carbocycles. The van der Waals surface area contributed by atoms with Crippen molar-refractivity contribution in [1.29, 1.82) is 0 Å². The van der Waals surface area contributed by atoms with Crippen LogP contribution in [0.25, 0.3) is 16.5 Å². The van der Waals surface area contributed by atoms with Gasteiger partial charge in [0.2, 0.25) is 5.91 Å². The van der Waals surface area contributed by atoms with Crippen LogP contribution in [0.4, 0.5) is 0 Å². The Hall–Kier alpha value is -3.39. The second kappa shape index (κ2) is 11.4. The first kappa shape index (κ1) is 24.7. The number of fused-ring (bicyclic) bond motifs is 1. The number of nitrogens with zero attached hydrogens (tertiary/aromatic N) is 1. The predicted octanol–water partition coefficient (Wildman–Crippen LogP) is 4.50. The van der Waals surface area contributed by atoms with Crippen LogP contribution in [0.3, 0.4) is 0 Å². The topological polar surface area (TPSA) is 89.4 Å². The van der Waals surface area contributed by atoms with Crippen LogP contribution >= 0.6 is 15.9 Å². The van der Waals surface area contributed by atoms with Crippen LogP contribution in [0, 0.1) is 0 Å². The van der Waals surface area contributed by atoms with Crippen LogP contribution < -0.4 is 20.9 Å². The molecule has 7 nitrogen and oxygen atoms in total. The van der Waals surface area contributed by atoms with Crippen molar-refractivity contribution in [2.75, 3.05) is 20.2 Å². The Bertz CT molecular complexity index is 1350. The minimum Gasteiger partial charge on any atom is -0.495 e. The second-order valence-corrected chi connectivity index (χ2v) is 9.39. The summed E-state index contributed by atoms with van der Waals surface area (Å²) in [4.78, 5) is 38.7. The van der Waals surface area contributed by atoms with Gasteiger partial charge < -0.3 is 15.4 Å². The fourth-order valence-corrected chi connectivity index (χ4v) is 4.65. The van der Waals surface area contributed by atoms with Gasteiger partial charge >= 0.3 is 0 Å². The molecule has 2 N–H and O–H groups in total. The molecule has 8 heteroatoms. The number of rotatable bonds is 8. The SMILES string of the molecule is COc1cc(Br)ccc1-n1cc(C(=O)NCC(=O)NCCC2=CCCCC2)c2ccccc2c1=O. The fourth-order valence-electron chi connectivity index (χ4n) is 4.31. The Morgan fingerprint density at radius 1 is 1.09 bits per heavy atom. The number of hydrogen-bond donors (Lipinski definition) is 2. The maximum Gasteiger partial charge on any atom is 0.263 e. The first-order valence-electron chi connectivity index (χ1n) is 11.7. The second-order valence-electron chi connectivity index (χ2n) is 8.47. The molecule has 4 rings (SSSR count). The third-order valence-corrected chi connectivity index (χ3v) is 6.63. The molecule has 0 aliphatic heterocycles. The van der Waals surface area contributed by atoms with Gasteiger partial charge in [-0.25, -0.2) is 0 Å². The number of methoxy groups -OCH3 is 1. The number of benzene rings is 2. The quantitative estimate of drug-likeness (QED) is 0.414. The predicted molar refractivity (Wildman–Crippen MR) is 140 cm³/mol. The van der Waals surface area contributed by atoms with Crippen molar-refractivity contribution in [1.82, 2.24) is 15.2 Å². The molecular formula is C27H28BrN3O4. The number of halogens is 1. The summed E-state index contributed by atoms with van der Waals surface area (Å²) in [7, 11) is 1.52. The van der Waals surface area contributed by atoms with E-state index < -0.39 is 5.91 Å². The summed E-state index contributed by atoms with van der Waals surface area (Å²) >= 11 is 3.41. The third kappa shape index (κ3) is 5.82. The molecule has 2 amide bonds. The normalized spacial score (nSPS) is 13.3. The minimum atomic E-state index is -0.434. The van der Waals surface area contributed by atoms with E-state index in [-0.39, 0.29) is 18.0 Å². The molecule has 182 valence electrons. The number of hydrogen-bond acceptors (Lipinski definition) is 4. The van der Waals surface area contributed by atoms with Gasteiger partial charge in [-0.3, -0.25) is 19.0 Å². The highest BCUT2D eigenvalue weighted by Gasteiger charge is 2.18. The van der Waals surface area contributed by atoms with E-state index >= 15 is 0 Å². The average Bonchev–Trinajstić information content (AvgIpc) is 2.88. The lowest BCUT2D eigenvalue weighted by Crippen LogP contribution is -2.38. The number of pyridine rings is 1. The molecule has 2 aromatic carbocycles. The van der Waals surface area contributed by atoms with Crippen molar-refractivity contribution in [3.8, 4) is 11.4 Å². The number of allylic oxidation sites excluding steroid dienone is 1. The molecular weight excluding hydrogens is 510 g/mol. The summed E-state index contributed by atoms with van der Waals surface area (Å²) in [6.07, 6.45) is 9.25. The minimum absolute atomic E-state index is 0.146. The highest BCUT2D eigenvalue weighted by Crippen LogP contribution is 2.27. The molecule has 0 fully saturated rings. The first-order valence-corrected chi connectivity index (χ1v) is 12.5. The van der Waals surface area contributed by atoms with E-state index in [9.17, 15) is 14.4 Å². The van der Waals surface area contributed by atoms with Crippen LogP contribution in [0.15, 0.2) is 69.6 Å². The van der Waals surface area contributed by atoms with E-state index in [4.69, 9.17) is 4.74 Å². The lowest BCUT2D eigenvalue weighted by atomic mass is 9.97. The molecule has 3 aromatic rings. The van der Waals surface area contributed by atoms with Gasteiger partial charge in [-0.1, -0.05) is 45.8 Å². The van der Waals surface area contributed by atoms with Gasteiger partial charge in [0.05, 0.1) is 24.9 Å². The largest absolute Gasteiger partial charge is 0.495 e. The van der Waals surface area contributed by atoms with Crippen molar-refractivity contribution in [3.05, 3.63) is 80.7 Å². The van der Waals surface area contributed by atoms with E-state index in [0.29, 0.717) is 34.3 Å². The van der Waals surface area contributed by atoms with Gasteiger partial charge in [-0.15, -0.1) is 0 Å². The summed E-state index contributed by atoms with van der Waals surface area (Å²) in [6, 6.07) is 12.2. The Kier molecular flexibility index (Phi) is 8.02. The standard InChI is InChI=1S/C27H28BrN3O4/c1-35-24-15-19(28)11-12-23(24)31-17-22(20-9-5-6-10-21(20)27(31)34)26(33)30-16-25(32)29-14-13-18-7-3-2-4-8-18/h5-7,9-12,15,17H,2-4,8,13-14,16H2,1H3,(H,29,32)(H,30,33). The molecule has 0 spiro atoms. The molecule has 0 bridgehead atoms. The van der Waals surface area contributed by atoms with Crippen molar-refractivity contribution in [3.63, 3.8) is 0 Å². The maximum atomic E-state index is 13.3. The molecule has 1 aliphatic rings. The fraction of sp³-hybridized carbons (Fsp3) is 0.296. The van der Waals surface area contributed by atoms with Crippen LogP contribution in [-0.2, 0) is 4.79 Å². The van der Waals surface area contributed by atoms with E-state index in [0.717, 1.165) is 23.7 Å². The maximum absolute atomic E-state index is 13.3. The lowest BCUT2D eigenvalue weighted by Gasteiger charge is -2.15. The van der Waals surface area contributed by atoms with E-state index in [1.54, 1.807) is 42.5 Å². The smallest absolute Gasteiger partial charge is 0.263 e. The van der Waals surface area contributed by atoms with Crippen LogP contribution in [0.5, 0.6) is 5.75 Å². The van der Waals surface area contributed by atoms with Gasteiger partial charge in [0.15, 0.2) is 0 Å². The summed E-state index contributed by atoms with van der Waals surface area (Å²) in [5.41, 5.74) is 1.92. The van der Waals surface area contributed by atoms with Crippen LogP contribution in [0.2, 0.25) is 0 Å². The number of carbonyl (C=O) groups is 2. The van der Waals surface area contributed by atoms with E-state index in [1.807, 2.05) is 0 Å². The molecule has 0 radical (unpaired) electrons. The monoisotopic (exact) mass is 537 g/mol. The summed E-state index contributed by atoms with van der Waals surface area (Å²) in [5.74, 6) is -0.200. The lowest BCUT2D eigenvalue weighted by molar-refractivity contribution is -0.120. The molecule has 35 heavy (non-hydrogen) atoms. The van der Waals surface area contributed by atoms with Crippen LogP contribution in [0.1, 0.15) is 42.5 Å². The van der Waals surface area contributed by atoms with Gasteiger partial charge in [-0.2, -0.15) is 0 Å². The number of nitrogens with one attached hydrogen (secondary N) is 2. The van der Waals surface area contributed by atoms with Gasteiger partial charge in [-0.05, 0) is 56.4 Å². The number of carbonyl (C=O) groups excluding carboxylic acids is 2. The molecule has 0 saturated heterocycles. The van der Waals surface area contributed by atoms with Gasteiger partial charge in [0, 0.05) is 28.0 Å². The molecule has 0 saturated carbocycles. The highest BCUT2D eigenvalue weighted by atomic mass is 79.9. The third-order valence-electron chi connectivity index (χ3n) is 6.13. The Balaban J connectivity index is 1.54. The summed E-state index contributed by atoms with van der Waals surface area (Å²) in [6.45, 7) is 0.407. The average molecular weight is 538 g/mol. The van der Waals surface area contributed by atoms with Crippen LogP contribution in [-0.4, -0.2) is 36.6 Å². The molecule has 0 unspecified atom stereocenters. The zero-order valence-corrected chi connectivity index (χ0v) is 21.2. The number of amides is 2. The summed E-state index contributed by atoms with van der Waals surface area (Å²) < 4.78 is 7.67. The summed E-state index contributed by atoms with van der Waals surface area (Å²) in [5, 5.41) is 6.48. The van der Waals surface area contributed by atoms with Crippen molar-refractivity contribution < 1.29 is 14.3 Å². The van der Waals surface area contributed by atoms with E-state index in [2.05, 4.69) is 32.6 Å². The van der Waals surface area contributed by atoms with Crippen molar-refractivity contribution >= 4 is 38.5 Å². The highest BCUT2D eigenvalue weighted by molar-refractivity contribution is 9.10. The van der Waals surface area contributed by atoms with E-state index in [1.165, 1.54) is 36.3 Å². The number of aromatic nitrogens is 1. The first-order chi connectivity index (χ1) is 17.0. The molecule has 1 heterocycles. The molecule has 0 atom stereocenters. The van der Waals surface area contributed by atoms with Gasteiger partial charge in [0.1, 0.15) is 5.75 Å².